The minimum absolute atomic E-state index is 0.880. The third kappa shape index (κ3) is 6.96. The molecule has 0 bridgehead atoms. The lowest BCUT2D eigenvalue weighted by molar-refractivity contribution is 0.959. The molecule has 3 nitrogen and oxygen atoms in total. The summed E-state index contributed by atoms with van der Waals surface area (Å²) in [5.74, 6) is 1.95. The summed E-state index contributed by atoms with van der Waals surface area (Å²) >= 11 is 12.5. The Morgan fingerprint density at radius 1 is 1.08 bits per heavy atom. The molecule has 0 aliphatic heterocycles. The second-order valence-electron chi connectivity index (χ2n) is 5.32. The topological polar surface area (TPSA) is 29.0 Å². The van der Waals surface area contributed by atoms with Gasteiger partial charge in [-0.15, -0.1) is 23.5 Å². The van der Waals surface area contributed by atoms with Crippen LogP contribution in [0.5, 0.6) is 0 Å². The summed E-state index contributed by atoms with van der Waals surface area (Å²) in [7, 11) is 0. The standard InChI is InChI=1S/C18H23N3S5/c1-14-16(13-26-15-6-9-19-10-7-15)20-11-8-17(14)25-12-4-5-18(22)21(23-2)24-3/h6-11H,4-5,12-13H2,1-3H3. The van der Waals surface area contributed by atoms with E-state index >= 15 is 0 Å². The summed E-state index contributed by atoms with van der Waals surface area (Å²) in [6.07, 6.45) is 11.7. The average Bonchev–Trinajstić information content (AvgIpc) is 2.67. The highest BCUT2D eigenvalue weighted by molar-refractivity contribution is 8.13. The van der Waals surface area contributed by atoms with Crippen LogP contribution in [0.1, 0.15) is 24.1 Å². The van der Waals surface area contributed by atoms with Gasteiger partial charge in [0.25, 0.3) is 0 Å². The SMILES string of the molecule is CSN(SC)C(=S)CCCSc1ccnc(CSc2ccncc2)c1C. The van der Waals surface area contributed by atoms with Crippen LogP contribution in [-0.2, 0) is 5.75 Å². The lowest BCUT2D eigenvalue weighted by Crippen LogP contribution is -2.13. The normalized spacial score (nSPS) is 10.7. The smallest absolute Gasteiger partial charge is 0.0994 e. The highest BCUT2D eigenvalue weighted by Gasteiger charge is 2.09. The molecule has 26 heavy (non-hydrogen) atoms. The highest BCUT2D eigenvalue weighted by atomic mass is 32.2. The zero-order valence-electron chi connectivity index (χ0n) is 15.2. The summed E-state index contributed by atoms with van der Waals surface area (Å²) in [6, 6.07) is 6.19. The molecule has 140 valence electrons. The number of hydrogen-bond donors (Lipinski definition) is 0. The second kappa shape index (κ2) is 12.1. The van der Waals surface area contributed by atoms with E-state index < -0.39 is 0 Å². The molecule has 0 N–H and O–H groups in total. The Hall–Kier alpha value is -0.410. The van der Waals surface area contributed by atoms with Gasteiger partial charge in [0.15, 0.2) is 0 Å². The van der Waals surface area contributed by atoms with Gasteiger partial charge in [0.2, 0.25) is 0 Å². The van der Waals surface area contributed by atoms with E-state index in [1.807, 2.05) is 42.5 Å². The Morgan fingerprint density at radius 2 is 1.81 bits per heavy atom. The van der Waals surface area contributed by atoms with E-state index in [9.17, 15) is 0 Å². The predicted molar refractivity (Wildman–Crippen MR) is 124 cm³/mol. The Balaban J connectivity index is 1.83. The van der Waals surface area contributed by atoms with E-state index in [-0.39, 0.29) is 0 Å². The molecule has 2 heterocycles. The molecule has 0 fully saturated rings. The Bertz CT molecular complexity index is 692. The number of pyridine rings is 2. The van der Waals surface area contributed by atoms with Gasteiger partial charge in [0, 0.05) is 53.1 Å². The van der Waals surface area contributed by atoms with Crippen LogP contribution in [0.4, 0.5) is 0 Å². The fourth-order valence-corrected chi connectivity index (χ4v) is 5.91. The van der Waals surface area contributed by atoms with E-state index in [4.69, 9.17) is 12.2 Å². The fourth-order valence-electron chi connectivity index (χ4n) is 2.22. The van der Waals surface area contributed by atoms with Gasteiger partial charge in [0.05, 0.1) is 10.7 Å². The number of thiocarbonyl (C=S) groups is 1. The van der Waals surface area contributed by atoms with E-state index in [1.165, 1.54) is 15.4 Å². The Morgan fingerprint density at radius 3 is 2.50 bits per heavy atom. The van der Waals surface area contributed by atoms with Crippen molar-refractivity contribution >= 4 is 64.6 Å². The third-order valence-electron chi connectivity index (χ3n) is 3.61. The van der Waals surface area contributed by atoms with Gasteiger partial charge in [-0.1, -0.05) is 12.2 Å². The van der Waals surface area contributed by atoms with Crippen molar-refractivity contribution in [2.45, 2.75) is 35.3 Å². The minimum Gasteiger partial charge on any atom is -0.265 e. The number of aromatic nitrogens is 2. The molecule has 8 heteroatoms. The van der Waals surface area contributed by atoms with Crippen LogP contribution in [0.15, 0.2) is 46.6 Å². The van der Waals surface area contributed by atoms with Crippen LogP contribution in [0.2, 0.25) is 0 Å². The molecular formula is C18H23N3S5. The molecule has 0 atom stereocenters. The molecule has 2 aromatic rings. The van der Waals surface area contributed by atoms with Gasteiger partial charge in [-0.25, -0.2) is 0 Å². The van der Waals surface area contributed by atoms with Crippen molar-refractivity contribution < 1.29 is 0 Å². The lowest BCUT2D eigenvalue weighted by atomic mass is 10.2. The third-order valence-corrected chi connectivity index (χ3v) is 8.50. The summed E-state index contributed by atoms with van der Waals surface area (Å²) in [6.45, 7) is 2.17. The first-order valence-electron chi connectivity index (χ1n) is 8.17. The molecular weight excluding hydrogens is 419 g/mol. The zero-order valence-corrected chi connectivity index (χ0v) is 19.3. The average molecular weight is 442 g/mol. The van der Waals surface area contributed by atoms with Crippen molar-refractivity contribution in [3.63, 3.8) is 0 Å². The summed E-state index contributed by atoms with van der Waals surface area (Å²) in [4.78, 5) is 12.2. The van der Waals surface area contributed by atoms with E-state index in [0.717, 1.165) is 35.0 Å². The molecule has 0 amide bonds. The van der Waals surface area contributed by atoms with Gasteiger partial charge in [-0.3, -0.25) is 13.7 Å². The maximum absolute atomic E-state index is 5.49. The van der Waals surface area contributed by atoms with Crippen LogP contribution in [0.3, 0.4) is 0 Å². The van der Waals surface area contributed by atoms with E-state index in [0.29, 0.717) is 0 Å². The quantitative estimate of drug-likeness (QED) is 0.188. The molecule has 0 spiro atoms. The van der Waals surface area contributed by atoms with Crippen LogP contribution in [0, 0.1) is 6.92 Å². The van der Waals surface area contributed by atoms with Crippen LogP contribution in [0.25, 0.3) is 0 Å². The van der Waals surface area contributed by atoms with E-state index in [1.54, 1.807) is 35.7 Å². The fraction of sp³-hybridized carbons (Fsp3) is 0.389. The monoisotopic (exact) mass is 441 g/mol. The van der Waals surface area contributed by atoms with Crippen LogP contribution in [-0.4, -0.2) is 36.9 Å². The predicted octanol–water partition coefficient (Wildman–Crippen LogP) is 6.14. The lowest BCUT2D eigenvalue weighted by Gasteiger charge is -2.18. The molecule has 2 aromatic heterocycles. The maximum atomic E-state index is 5.49. The number of nitrogens with zero attached hydrogens (tertiary/aromatic N) is 3. The van der Waals surface area contributed by atoms with Gasteiger partial charge in [0.1, 0.15) is 0 Å². The molecule has 0 saturated carbocycles. The Kier molecular flexibility index (Phi) is 10.2. The van der Waals surface area contributed by atoms with Gasteiger partial charge in [-0.05, 0) is 66.8 Å². The second-order valence-corrected chi connectivity index (χ2v) is 9.67. The molecule has 0 saturated heterocycles. The molecule has 0 aliphatic rings. The van der Waals surface area contributed by atoms with Gasteiger partial charge in [-0.2, -0.15) is 0 Å². The number of rotatable bonds is 10. The summed E-state index contributed by atoms with van der Waals surface area (Å²) in [5.41, 5.74) is 2.44. The summed E-state index contributed by atoms with van der Waals surface area (Å²) < 4.78 is 2.10. The highest BCUT2D eigenvalue weighted by Crippen LogP contribution is 2.29. The molecule has 0 aliphatic carbocycles. The van der Waals surface area contributed by atoms with Gasteiger partial charge < -0.3 is 0 Å². The first-order valence-corrected chi connectivity index (χ1v) is 12.9. The van der Waals surface area contributed by atoms with Crippen molar-refractivity contribution in [1.29, 1.82) is 0 Å². The van der Waals surface area contributed by atoms with E-state index in [2.05, 4.69) is 39.2 Å². The van der Waals surface area contributed by atoms with Crippen LogP contribution < -0.4 is 0 Å². The molecule has 2 rings (SSSR count). The molecule has 0 radical (unpaired) electrons. The van der Waals surface area contributed by atoms with Crippen molar-refractivity contribution in [2.24, 2.45) is 0 Å². The number of hydrogen-bond acceptors (Lipinski definition) is 7. The minimum atomic E-state index is 0.880. The largest absolute Gasteiger partial charge is 0.265 e. The first kappa shape index (κ1) is 21.9. The number of thioether (sulfide) groups is 2. The van der Waals surface area contributed by atoms with Crippen molar-refractivity contribution in [1.82, 2.24) is 13.7 Å². The van der Waals surface area contributed by atoms with Crippen molar-refractivity contribution in [3.8, 4) is 0 Å². The zero-order chi connectivity index (χ0) is 18.8. The summed E-state index contributed by atoms with van der Waals surface area (Å²) in [5, 5.41) is 0. The van der Waals surface area contributed by atoms with Crippen LogP contribution >= 0.6 is 59.6 Å². The molecule has 0 aromatic carbocycles. The van der Waals surface area contributed by atoms with Crippen molar-refractivity contribution in [3.05, 3.63) is 48.0 Å². The maximum Gasteiger partial charge on any atom is 0.0994 e. The Labute approximate surface area is 179 Å². The van der Waals surface area contributed by atoms with Gasteiger partial charge >= 0.3 is 0 Å². The molecule has 0 unspecified atom stereocenters. The first-order chi connectivity index (χ1) is 12.7. The van der Waals surface area contributed by atoms with Crippen molar-refractivity contribution in [2.75, 3.05) is 18.3 Å².